The molecule has 0 fully saturated rings. The lowest BCUT2D eigenvalue weighted by atomic mass is 10.2. The second-order valence-corrected chi connectivity index (χ2v) is 5.32. The van der Waals surface area contributed by atoms with Crippen molar-refractivity contribution in [3.63, 3.8) is 0 Å². The maximum Gasteiger partial charge on any atom is 0.144 e. The molecular formula is C16H14ClFN2O. The van der Waals surface area contributed by atoms with E-state index in [1.165, 1.54) is 6.07 Å². The molecule has 108 valence electrons. The van der Waals surface area contributed by atoms with E-state index in [9.17, 15) is 9.50 Å². The fourth-order valence-corrected chi connectivity index (χ4v) is 2.61. The molecule has 3 nitrogen and oxygen atoms in total. The molecular weight excluding hydrogens is 291 g/mol. The highest BCUT2D eigenvalue weighted by atomic mass is 35.5. The highest BCUT2D eigenvalue weighted by Crippen LogP contribution is 2.32. The van der Waals surface area contributed by atoms with Gasteiger partial charge in [0.15, 0.2) is 0 Å². The number of nitrogens with zero attached hydrogens (tertiary/aromatic N) is 2. The number of halogens is 2. The minimum atomic E-state index is -0.475. The molecule has 0 bridgehead atoms. The monoisotopic (exact) mass is 304 g/mol. The first-order valence-electron chi connectivity index (χ1n) is 6.75. The second-order valence-electron chi connectivity index (χ2n) is 4.88. The maximum atomic E-state index is 13.2. The first-order valence-corrected chi connectivity index (χ1v) is 7.12. The molecule has 0 atom stereocenters. The van der Waals surface area contributed by atoms with Crippen molar-refractivity contribution in [3.05, 3.63) is 47.2 Å². The van der Waals surface area contributed by atoms with Crippen LogP contribution >= 0.6 is 11.6 Å². The number of aryl methyl sites for hydroxylation is 1. The highest BCUT2D eigenvalue weighted by Gasteiger charge is 2.15. The van der Waals surface area contributed by atoms with Crippen LogP contribution in [0, 0.1) is 5.82 Å². The van der Waals surface area contributed by atoms with E-state index in [1.54, 1.807) is 12.1 Å². The van der Waals surface area contributed by atoms with Crippen molar-refractivity contribution >= 4 is 22.6 Å². The Morgan fingerprint density at radius 1 is 1.24 bits per heavy atom. The number of phenols is 1. The van der Waals surface area contributed by atoms with E-state index in [4.69, 9.17) is 11.6 Å². The number of hydrogen-bond donors (Lipinski definition) is 1. The average Bonchev–Trinajstić information content (AvgIpc) is 2.78. The average molecular weight is 305 g/mol. The van der Waals surface area contributed by atoms with Crippen molar-refractivity contribution < 1.29 is 9.50 Å². The van der Waals surface area contributed by atoms with Crippen LogP contribution in [-0.4, -0.2) is 14.7 Å². The van der Waals surface area contributed by atoms with E-state index in [-0.39, 0.29) is 5.75 Å². The summed E-state index contributed by atoms with van der Waals surface area (Å²) >= 11 is 6.06. The Morgan fingerprint density at radius 2 is 2.05 bits per heavy atom. The molecule has 21 heavy (non-hydrogen) atoms. The number of rotatable bonds is 3. The fourth-order valence-electron chi connectivity index (χ4n) is 2.45. The van der Waals surface area contributed by atoms with Gasteiger partial charge in [0.25, 0.3) is 0 Å². The zero-order chi connectivity index (χ0) is 15.0. The summed E-state index contributed by atoms with van der Waals surface area (Å²) in [4.78, 5) is 4.56. The van der Waals surface area contributed by atoms with Gasteiger partial charge in [-0.1, -0.05) is 18.5 Å². The van der Waals surface area contributed by atoms with Crippen LogP contribution < -0.4 is 0 Å². The third-order valence-corrected chi connectivity index (χ3v) is 3.59. The lowest BCUT2D eigenvalue weighted by molar-refractivity contribution is 0.470. The standard InChI is InChI=1S/C16H14ClFN2O/c1-2-7-20-14-8-10(17)3-6-13(14)19-16(20)12-5-4-11(18)9-15(12)21/h3-6,8-9,21H,2,7H2,1H3. The van der Waals surface area contributed by atoms with Crippen molar-refractivity contribution in [2.75, 3.05) is 0 Å². The van der Waals surface area contributed by atoms with Crippen LogP contribution in [0.1, 0.15) is 13.3 Å². The van der Waals surface area contributed by atoms with Gasteiger partial charge < -0.3 is 9.67 Å². The molecule has 0 spiro atoms. The molecule has 1 N–H and O–H groups in total. The Morgan fingerprint density at radius 3 is 2.76 bits per heavy atom. The summed E-state index contributed by atoms with van der Waals surface area (Å²) in [7, 11) is 0. The number of aromatic nitrogens is 2. The lowest BCUT2D eigenvalue weighted by Gasteiger charge is -2.09. The van der Waals surface area contributed by atoms with Gasteiger partial charge in [0.2, 0.25) is 0 Å². The first kappa shape index (κ1) is 13.9. The molecule has 0 radical (unpaired) electrons. The number of phenolic OH excluding ortho intramolecular Hbond substituents is 1. The number of fused-ring (bicyclic) bond motifs is 1. The Hall–Kier alpha value is -2.07. The van der Waals surface area contributed by atoms with Crippen LogP contribution in [0.2, 0.25) is 5.02 Å². The number of aromatic hydroxyl groups is 1. The molecule has 3 aromatic rings. The summed E-state index contributed by atoms with van der Waals surface area (Å²) in [6.07, 6.45) is 0.910. The van der Waals surface area contributed by atoms with Gasteiger partial charge in [-0.3, -0.25) is 0 Å². The largest absolute Gasteiger partial charge is 0.507 e. The topological polar surface area (TPSA) is 38.0 Å². The van der Waals surface area contributed by atoms with E-state index in [1.807, 2.05) is 16.7 Å². The van der Waals surface area contributed by atoms with Crippen LogP contribution in [-0.2, 0) is 6.54 Å². The minimum Gasteiger partial charge on any atom is -0.507 e. The quantitative estimate of drug-likeness (QED) is 0.767. The zero-order valence-electron chi connectivity index (χ0n) is 11.5. The Balaban J connectivity index is 2.28. The molecule has 0 aliphatic rings. The van der Waals surface area contributed by atoms with E-state index >= 15 is 0 Å². The summed E-state index contributed by atoms with van der Waals surface area (Å²) in [5, 5.41) is 10.6. The molecule has 0 amide bonds. The molecule has 0 saturated carbocycles. The molecule has 5 heteroatoms. The first-order chi connectivity index (χ1) is 10.1. The summed E-state index contributed by atoms with van der Waals surface area (Å²) in [5.41, 5.74) is 2.21. The van der Waals surface area contributed by atoms with Crippen LogP contribution in [0.15, 0.2) is 36.4 Å². The van der Waals surface area contributed by atoms with Crippen molar-refractivity contribution in [3.8, 4) is 17.1 Å². The Kier molecular flexibility index (Phi) is 3.55. The number of imidazole rings is 1. The van der Waals surface area contributed by atoms with Crippen LogP contribution in [0.3, 0.4) is 0 Å². The molecule has 3 rings (SSSR count). The number of benzene rings is 2. The van der Waals surface area contributed by atoms with E-state index < -0.39 is 5.82 Å². The highest BCUT2D eigenvalue weighted by molar-refractivity contribution is 6.31. The maximum absolute atomic E-state index is 13.2. The van der Waals surface area contributed by atoms with Crippen molar-refractivity contribution in [1.82, 2.24) is 9.55 Å². The van der Waals surface area contributed by atoms with Gasteiger partial charge in [-0.15, -0.1) is 0 Å². The molecule has 0 unspecified atom stereocenters. The Labute approximate surface area is 126 Å². The molecule has 0 aliphatic heterocycles. The third-order valence-electron chi connectivity index (χ3n) is 3.36. The van der Waals surface area contributed by atoms with E-state index in [2.05, 4.69) is 11.9 Å². The minimum absolute atomic E-state index is 0.117. The van der Waals surface area contributed by atoms with Crippen molar-refractivity contribution in [2.45, 2.75) is 19.9 Å². The van der Waals surface area contributed by atoms with Gasteiger partial charge in [0, 0.05) is 17.6 Å². The predicted octanol–water partition coefficient (Wildman–Crippen LogP) is 4.61. The van der Waals surface area contributed by atoms with E-state index in [0.29, 0.717) is 16.4 Å². The predicted molar refractivity (Wildman–Crippen MR) is 82.1 cm³/mol. The molecule has 1 aromatic heterocycles. The molecule has 0 aliphatic carbocycles. The van der Waals surface area contributed by atoms with Gasteiger partial charge in [-0.05, 0) is 36.8 Å². The second kappa shape index (κ2) is 5.37. The van der Waals surface area contributed by atoms with Crippen LogP contribution in [0.4, 0.5) is 4.39 Å². The van der Waals surface area contributed by atoms with Crippen molar-refractivity contribution in [2.24, 2.45) is 0 Å². The fraction of sp³-hybridized carbons (Fsp3) is 0.188. The van der Waals surface area contributed by atoms with Gasteiger partial charge in [-0.25, -0.2) is 9.37 Å². The van der Waals surface area contributed by atoms with Crippen LogP contribution in [0.5, 0.6) is 5.75 Å². The van der Waals surface area contributed by atoms with Gasteiger partial charge in [0.1, 0.15) is 17.4 Å². The summed E-state index contributed by atoms with van der Waals surface area (Å²) in [6.45, 7) is 2.80. The summed E-state index contributed by atoms with van der Waals surface area (Å²) in [5.74, 6) is 0.0258. The van der Waals surface area contributed by atoms with E-state index in [0.717, 1.165) is 30.1 Å². The SMILES string of the molecule is CCCn1c(-c2ccc(F)cc2O)nc2ccc(Cl)cc21. The van der Waals surface area contributed by atoms with Gasteiger partial charge in [-0.2, -0.15) is 0 Å². The number of hydrogen-bond acceptors (Lipinski definition) is 2. The summed E-state index contributed by atoms with van der Waals surface area (Å²) < 4.78 is 15.2. The summed E-state index contributed by atoms with van der Waals surface area (Å²) in [6, 6.07) is 9.42. The van der Waals surface area contributed by atoms with Gasteiger partial charge >= 0.3 is 0 Å². The van der Waals surface area contributed by atoms with Gasteiger partial charge in [0.05, 0.1) is 16.6 Å². The van der Waals surface area contributed by atoms with Crippen molar-refractivity contribution in [1.29, 1.82) is 0 Å². The van der Waals surface area contributed by atoms with Crippen LogP contribution in [0.25, 0.3) is 22.4 Å². The molecule has 1 heterocycles. The smallest absolute Gasteiger partial charge is 0.144 e. The lowest BCUT2D eigenvalue weighted by Crippen LogP contribution is -2.00. The zero-order valence-corrected chi connectivity index (χ0v) is 12.2. The third kappa shape index (κ3) is 2.47. The molecule has 0 saturated heterocycles. The normalized spacial score (nSPS) is 11.2. The Bertz CT molecular complexity index is 813. The molecule has 2 aromatic carbocycles.